The molecule has 3 heteroatoms. The molecule has 0 aromatic heterocycles. The maximum atomic E-state index is 11.7. The summed E-state index contributed by atoms with van der Waals surface area (Å²) in [5.41, 5.74) is -0.145. The monoisotopic (exact) mass is 249 g/mol. The first kappa shape index (κ1) is 14.7. The molecule has 1 rings (SSSR count). The van der Waals surface area contributed by atoms with E-state index in [2.05, 4.69) is 19.2 Å². The Hall–Kier alpha value is -1.35. The lowest BCUT2D eigenvalue weighted by atomic mass is 9.86. The maximum absolute atomic E-state index is 11.7. The number of benzene rings is 1. The predicted molar refractivity (Wildman–Crippen MR) is 73.5 cm³/mol. The average Bonchev–Trinajstić information content (AvgIpc) is 2.40. The van der Waals surface area contributed by atoms with Gasteiger partial charge in [-0.25, -0.2) is 4.79 Å². The van der Waals surface area contributed by atoms with Gasteiger partial charge in [0.2, 0.25) is 0 Å². The van der Waals surface area contributed by atoms with E-state index in [9.17, 15) is 9.90 Å². The molecule has 0 aliphatic rings. The molecule has 0 bridgehead atoms. The summed E-state index contributed by atoms with van der Waals surface area (Å²) in [5, 5.41) is 12.9. The van der Waals surface area contributed by atoms with Crippen molar-refractivity contribution in [1.29, 1.82) is 0 Å². The minimum Gasteiger partial charge on any atom is -0.480 e. The van der Waals surface area contributed by atoms with Gasteiger partial charge in [0.1, 0.15) is 5.54 Å². The van der Waals surface area contributed by atoms with Crippen molar-refractivity contribution >= 4 is 5.97 Å². The summed E-state index contributed by atoms with van der Waals surface area (Å²) >= 11 is 0. The van der Waals surface area contributed by atoms with Gasteiger partial charge in [-0.05, 0) is 24.4 Å². The van der Waals surface area contributed by atoms with E-state index in [1.807, 2.05) is 37.3 Å². The molecule has 0 heterocycles. The summed E-state index contributed by atoms with van der Waals surface area (Å²) in [7, 11) is 0. The SMILES string of the molecule is CCC(C)CNC(CC)(C(=O)O)c1ccccc1. The molecule has 2 N–H and O–H groups in total. The van der Waals surface area contributed by atoms with Crippen molar-refractivity contribution in [3.05, 3.63) is 35.9 Å². The van der Waals surface area contributed by atoms with Crippen LogP contribution in [0.5, 0.6) is 0 Å². The van der Waals surface area contributed by atoms with E-state index < -0.39 is 11.5 Å². The molecule has 0 spiro atoms. The third kappa shape index (κ3) is 3.10. The average molecular weight is 249 g/mol. The van der Waals surface area contributed by atoms with Crippen LogP contribution in [0.3, 0.4) is 0 Å². The summed E-state index contributed by atoms with van der Waals surface area (Å²) < 4.78 is 0. The molecule has 1 aromatic rings. The zero-order valence-electron chi connectivity index (χ0n) is 11.4. The predicted octanol–water partition coefficient (Wildman–Crippen LogP) is 3.01. The molecule has 0 aliphatic heterocycles. The van der Waals surface area contributed by atoms with E-state index in [1.54, 1.807) is 0 Å². The highest BCUT2D eigenvalue weighted by Gasteiger charge is 2.38. The highest BCUT2D eigenvalue weighted by atomic mass is 16.4. The minimum absolute atomic E-state index is 0.471. The summed E-state index contributed by atoms with van der Waals surface area (Å²) in [6.07, 6.45) is 1.57. The van der Waals surface area contributed by atoms with Gasteiger partial charge in [-0.3, -0.25) is 5.32 Å². The fourth-order valence-electron chi connectivity index (χ4n) is 2.00. The van der Waals surface area contributed by atoms with Crippen LogP contribution in [0.15, 0.2) is 30.3 Å². The molecular weight excluding hydrogens is 226 g/mol. The van der Waals surface area contributed by atoms with Crippen molar-refractivity contribution in [3.63, 3.8) is 0 Å². The van der Waals surface area contributed by atoms with E-state index in [4.69, 9.17) is 0 Å². The Morgan fingerprint density at radius 1 is 1.33 bits per heavy atom. The van der Waals surface area contributed by atoms with Gasteiger partial charge in [0, 0.05) is 0 Å². The molecule has 3 nitrogen and oxygen atoms in total. The van der Waals surface area contributed by atoms with Gasteiger partial charge in [-0.1, -0.05) is 57.5 Å². The van der Waals surface area contributed by atoms with Crippen LogP contribution in [0.25, 0.3) is 0 Å². The lowest BCUT2D eigenvalue weighted by Gasteiger charge is -2.31. The molecule has 2 atom stereocenters. The summed E-state index contributed by atoms with van der Waals surface area (Å²) in [6.45, 7) is 6.86. The van der Waals surface area contributed by atoms with Gasteiger partial charge < -0.3 is 5.11 Å². The second-order valence-corrected chi connectivity index (χ2v) is 4.82. The first-order chi connectivity index (χ1) is 8.56. The standard InChI is InChI=1S/C15H23NO2/c1-4-12(3)11-16-15(5-2,14(17)18)13-9-7-6-8-10-13/h6-10,12,16H,4-5,11H2,1-3H3,(H,17,18). The van der Waals surface area contributed by atoms with E-state index >= 15 is 0 Å². The number of carbonyl (C=O) groups is 1. The van der Waals surface area contributed by atoms with Gasteiger partial charge in [0.05, 0.1) is 0 Å². The molecule has 18 heavy (non-hydrogen) atoms. The molecule has 0 saturated heterocycles. The van der Waals surface area contributed by atoms with E-state index in [1.165, 1.54) is 0 Å². The first-order valence-electron chi connectivity index (χ1n) is 6.60. The van der Waals surface area contributed by atoms with Crippen LogP contribution in [0.1, 0.15) is 39.2 Å². The number of carboxylic acid groups (broad SMARTS) is 1. The Morgan fingerprint density at radius 3 is 2.39 bits per heavy atom. The molecule has 0 radical (unpaired) electrons. The lowest BCUT2D eigenvalue weighted by molar-refractivity contribution is -0.145. The largest absolute Gasteiger partial charge is 0.480 e. The molecule has 100 valence electrons. The third-order valence-corrected chi connectivity index (χ3v) is 3.61. The third-order valence-electron chi connectivity index (χ3n) is 3.61. The Labute approximate surface area is 109 Å². The number of hydrogen-bond donors (Lipinski definition) is 2. The second kappa shape index (κ2) is 6.55. The van der Waals surface area contributed by atoms with Crippen molar-refractivity contribution in [2.24, 2.45) is 5.92 Å². The zero-order valence-corrected chi connectivity index (χ0v) is 11.4. The molecule has 1 aromatic carbocycles. The molecule has 0 saturated carbocycles. The first-order valence-corrected chi connectivity index (χ1v) is 6.60. The van der Waals surface area contributed by atoms with Crippen molar-refractivity contribution in [1.82, 2.24) is 5.32 Å². The van der Waals surface area contributed by atoms with Crippen LogP contribution in [0, 0.1) is 5.92 Å². The highest BCUT2D eigenvalue weighted by molar-refractivity contribution is 5.80. The number of aliphatic carboxylic acids is 1. The van der Waals surface area contributed by atoms with Crippen molar-refractivity contribution in [3.8, 4) is 0 Å². The Kier molecular flexibility index (Phi) is 5.35. The molecular formula is C15H23NO2. The normalized spacial score (nSPS) is 15.9. The molecule has 0 amide bonds. The molecule has 0 fully saturated rings. The fourth-order valence-corrected chi connectivity index (χ4v) is 2.00. The molecule has 2 unspecified atom stereocenters. The van der Waals surface area contributed by atoms with Gasteiger partial charge >= 0.3 is 5.97 Å². The second-order valence-electron chi connectivity index (χ2n) is 4.82. The van der Waals surface area contributed by atoms with Crippen LogP contribution in [0.2, 0.25) is 0 Å². The van der Waals surface area contributed by atoms with Crippen LogP contribution in [0.4, 0.5) is 0 Å². The summed E-state index contributed by atoms with van der Waals surface area (Å²) in [4.78, 5) is 11.7. The summed E-state index contributed by atoms with van der Waals surface area (Å²) in [5.74, 6) is -0.335. The smallest absolute Gasteiger partial charge is 0.328 e. The topological polar surface area (TPSA) is 49.3 Å². The number of rotatable bonds is 7. The fraction of sp³-hybridized carbons (Fsp3) is 0.533. The van der Waals surface area contributed by atoms with Crippen molar-refractivity contribution < 1.29 is 9.90 Å². The van der Waals surface area contributed by atoms with Gasteiger partial charge in [-0.2, -0.15) is 0 Å². The number of nitrogens with one attached hydrogen (secondary N) is 1. The zero-order chi connectivity index (χ0) is 13.6. The van der Waals surface area contributed by atoms with Crippen molar-refractivity contribution in [2.75, 3.05) is 6.54 Å². The van der Waals surface area contributed by atoms with Crippen molar-refractivity contribution in [2.45, 2.75) is 39.2 Å². The minimum atomic E-state index is -0.968. The lowest BCUT2D eigenvalue weighted by Crippen LogP contribution is -2.50. The van der Waals surface area contributed by atoms with Gasteiger partial charge in [-0.15, -0.1) is 0 Å². The van der Waals surface area contributed by atoms with E-state index in [0.29, 0.717) is 18.9 Å². The summed E-state index contributed by atoms with van der Waals surface area (Å²) in [6, 6.07) is 9.42. The number of hydrogen-bond acceptors (Lipinski definition) is 2. The van der Waals surface area contributed by atoms with E-state index in [-0.39, 0.29) is 0 Å². The Morgan fingerprint density at radius 2 is 1.94 bits per heavy atom. The quantitative estimate of drug-likeness (QED) is 0.781. The molecule has 0 aliphatic carbocycles. The van der Waals surface area contributed by atoms with Crippen LogP contribution >= 0.6 is 0 Å². The van der Waals surface area contributed by atoms with Crippen LogP contribution in [-0.4, -0.2) is 17.6 Å². The Bertz CT molecular complexity index is 377. The number of carboxylic acids is 1. The van der Waals surface area contributed by atoms with E-state index in [0.717, 1.165) is 12.0 Å². The van der Waals surface area contributed by atoms with Gasteiger partial charge in [0.25, 0.3) is 0 Å². The maximum Gasteiger partial charge on any atom is 0.328 e. The highest BCUT2D eigenvalue weighted by Crippen LogP contribution is 2.25. The Balaban J connectivity index is 2.99. The van der Waals surface area contributed by atoms with Gasteiger partial charge in [0.15, 0.2) is 0 Å². The van der Waals surface area contributed by atoms with Crippen LogP contribution < -0.4 is 5.32 Å². The van der Waals surface area contributed by atoms with Crippen LogP contribution in [-0.2, 0) is 10.3 Å².